The molecule has 1 atom stereocenters. The standard InChI is InChI=1S/C11H17N/c1-10(7-8-12)9-11-5-3-2-4-6-11/h2-6,10H,7-9,12H2,1H3/t10-/m1/s1. The van der Waals surface area contributed by atoms with Crippen molar-refractivity contribution >= 4 is 0 Å². The Balaban J connectivity index is 2.41. The maximum absolute atomic E-state index is 5.48. The fourth-order valence-corrected chi connectivity index (χ4v) is 1.40. The Bertz CT molecular complexity index is 206. The normalized spacial score (nSPS) is 12.8. The molecule has 0 heterocycles. The fraction of sp³-hybridized carbons (Fsp3) is 0.455. The van der Waals surface area contributed by atoms with E-state index in [0.29, 0.717) is 5.92 Å². The van der Waals surface area contributed by atoms with E-state index < -0.39 is 0 Å². The van der Waals surface area contributed by atoms with Gasteiger partial charge in [0.05, 0.1) is 0 Å². The van der Waals surface area contributed by atoms with E-state index >= 15 is 0 Å². The van der Waals surface area contributed by atoms with E-state index in [1.165, 1.54) is 5.56 Å². The molecule has 0 unspecified atom stereocenters. The minimum atomic E-state index is 0.706. The van der Waals surface area contributed by atoms with Gasteiger partial charge in [-0.15, -0.1) is 0 Å². The molecule has 0 saturated carbocycles. The second-order valence-electron chi connectivity index (χ2n) is 3.37. The lowest BCUT2D eigenvalue weighted by atomic mass is 9.98. The largest absolute Gasteiger partial charge is 0.330 e. The van der Waals surface area contributed by atoms with Gasteiger partial charge >= 0.3 is 0 Å². The zero-order chi connectivity index (χ0) is 8.81. The van der Waals surface area contributed by atoms with Crippen LogP contribution in [0.3, 0.4) is 0 Å². The SMILES string of the molecule is C[C@H](CCN)Cc1ccccc1. The summed E-state index contributed by atoms with van der Waals surface area (Å²) in [5, 5.41) is 0. The second kappa shape index (κ2) is 4.94. The number of nitrogens with two attached hydrogens (primary N) is 1. The molecule has 12 heavy (non-hydrogen) atoms. The average Bonchev–Trinajstić information content (AvgIpc) is 2.06. The number of hydrogen-bond donors (Lipinski definition) is 1. The molecule has 1 heteroatoms. The van der Waals surface area contributed by atoms with Gasteiger partial charge in [-0.1, -0.05) is 37.3 Å². The maximum atomic E-state index is 5.48. The van der Waals surface area contributed by atoms with E-state index in [4.69, 9.17) is 5.73 Å². The van der Waals surface area contributed by atoms with Gasteiger partial charge in [0, 0.05) is 0 Å². The van der Waals surface area contributed by atoms with Crippen molar-refractivity contribution in [2.24, 2.45) is 11.7 Å². The van der Waals surface area contributed by atoms with Crippen LogP contribution in [-0.2, 0) is 6.42 Å². The number of hydrogen-bond acceptors (Lipinski definition) is 1. The average molecular weight is 163 g/mol. The van der Waals surface area contributed by atoms with Crippen LogP contribution in [0, 0.1) is 5.92 Å². The summed E-state index contributed by atoms with van der Waals surface area (Å²) in [6.07, 6.45) is 2.27. The van der Waals surface area contributed by atoms with Crippen molar-refractivity contribution in [2.75, 3.05) is 6.54 Å². The van der Waals surface area contributed by atoms with E-state index in [0.717, 1.165) is 19.4 Å². The van der Waals surface area contributed by atoms with Gasteiger partial charge in [0.15, 0.2) is 0 Å². The van der Waals surface area contributed by atoms with Crippen molar-refractivity contribution in [3.8, 4) is 0 Å². The van der Waals surface area contributed by atoms with Crippen LogP contribution in [-0.4, -0.2) is 6.54 Å². The molecule has 1 rings (SSSR count). The first kappa shape index (κ1) is 9.27. The van der Waals surface area contributed by atoms with Crippen LogP contribution < -0.4 is 5.73 Å². The molecule has 0 bridgehead atoms. The Morgan fingerprint density at radius 3 is 2.50 bits per heavy atom. The molecule has 1 aromatic carbocycles. The van der Waals surface area contributed by atoms with Crippen molar-refractivity contribution in [3.05, 3.63) is 35.9 Å². The van der Waals surface area contributed by atoms with Crippen LogP contribution in [0.4, 0.5) is 0 Å². The summed E-state index contributed by atoms with van der Waals surface area (Å²) in [5.74, 6) is 0.706. The van der Waals surface area contributed by atoms with Gasteiger partial charge in [-0.05, 0) is 30.9 Å². The Hall–Kier alpha value is -0.820. The fourth-order valence-electron chi connectivity index (χ4n) is 1.40. The van der Waals surface area contributed by atoms with Gasteiger partial charge in [-0.2, -0.15) is 0 Å². The van der Waals surface area contributed by atoms with Gasteiger partial charge < -0.3 is 5.73 Å². The summed E-state index contributed by atoms with van der Waals surface area (Å²) in [7, 11) is 0. The molecule has 0 aliphatic heterocycles. The third-order valence-corrected chi connectivity index (χ3v) is 2.09. The van der Waals surface area contributed by atoms with Crippen LogP contribution in [0.15, 0.2) is 30.3 Å². The topological polar surface area (TPSA) is 26.0 Å². The molecule has 66 valence electrons. The maximum Gasteiger partial charge on any atom is -0.00746 e. The highest BCUT2D eigenvalue weighted by atomic mass is 14.5. The highest BCUT2D eigenvalue weighted by molar-refractivity contribution is 5.14. The first-order chi connectivity index (χ1) is 5.83. The van der Waals surface area contributed by atoms with Crippen LogP contribution in [0.25, 0.3) is 0 Å². The van der Waals surface area contributed by atoms with Crippen molar-refractivity contribution in [3.63, 3.8) is 0 Å². The molecule has 0 aromatic heterocycles. The van der Waals surface area contributed by atoms with Crippen LogP contribution in [0.2, 0.25) is 0 Å². The third-order valence-electron chi connectivity index (χ3n) is 2.09. The first-order valence-electron chi connectivity index (χ1n) is 4.57. The summed E-state index contributed by atoms with van der Waals surface area (Å²) in [6, 6.07) is 10.6. The van der Waals surface area contributed by atoms with E-state index in [1.807, 2.05) is 0 Å². The summed E-state index contributed by atoms with van der Waals surface area (Å²) < 4.78 is 0. The molecule has 0 amide bonds. The lowest BCUT2D eigenvalue weighted by Crippen LogP contribution is -2.07. The molecular formula is C11H17N. The Kier molecular flexibility index (Phi) is 3.81. The first-order valence-corrected chi connectivity index (χ1v) is 4.57. The zero-order valence-corrected chi connectivity index (χ0v) is 7.66. The van der Waals surface area contributed by atoms with Crippen LogP contribution >= 0.6 is 0 Å². The molecule has 0 fully saturated rings. The second-order valence-corrected chi connectivity index (χ2v) is 3.37. The molecule has 0 aliphatic carbocycles. The zero-order valence-electron chi connectivity index (χ0n) is 7.66. The van der Waals surface area contributed by atoms with Gasteiger partial charge in [-0.25, -0.2) is 0 Å². The van der Waals surface area contributed by atoms with Crippen molar-refractivity contribution < 1.29 is 0 Å². The van der Waals surface area contributed by atoms with Crippen molar-refractivity contribution in [1.82, 2.24) is 0 Å². The summed E-state index contributed by atoms with van der Waals surface area (Å²) in [5.41, 5.74) is 6.90. The molecule has 2 N–H and O–H groups in total. The van der Waals surface area contributed by atoms with E-state index in [2.05, 4.69) is 37.3 Å². The number of rotatable bonds is 4. The summed E-state index contributed by atoms with van der Waals surface area (Å²) in [4.78, 5) is 0. The van der Waals surface area contributed by atoms with Gasteiger partial charge in [0.2, 0.25) is 0 Å². The van der Waals surface area contributed by atoms with Gasteiger partial charge in [0.25, 0.3) is 0 Å². The molecule has 1 aromatic rings. The predicted octanol–water partition coefficient (Wildman–Crippen LogP) is 2.21. The van der Waals surface area contributed by atoms with E-state index in [-0.39, 0.29) is 0 Å². The molecule has 0 spiro atoms. The quantitative estimate of drug-likeness (QED) is 0.723. The molecule has 0 radical (unpaired) electrons. The Morgan fingerprint density at radius 2 is 1.92 bits per heavy atom. The lowest BCUT2D eigenvalue weighted by Gasteiger charge is -2.08. The minimum Gasteiger partial charge on any atom is -0.330 e. The Morgan fingerprint density at radius 1 is 1.25 bits per heavy atom. The van der Waals surface area contributed by atoms with E-state index in [9.17, 15) is 0 Å². The Labute approximate surface area is 74.6 Å². The summed E-state index contributed by atoms with van der Waals surface area (Å²) >= 11 is 0. The third kappa shape index (κ3) is 3.05. The smallest absolute Gasteiger partial charge is 0.00746 e. The highest BCUT2D eigenvalue weighted by Crippen LogP contribution is 2.10. The van der Waals surface area contributed by atoms with Gasteiger partial charge in [0.1, 0.15) is 0 Å². The van der Waals surface area contributed by atoms with Gasteiger partial charge in [-0.3, -0.25) is 0 Å². The van der Waals surface area contributed by atoms with Crippen LogP contribution in [0.1, 0.15) is 18.9 Å². The minimum absolute atomic E-state index is 0.706. The molecular weight excluding hydrogens is 146 g/mol. The highest BCUT2D eigenvalue weighted by Gasteiger charge is 2.00. The number of benzene rings is 1. The van der Waals surface area contributed by atoms with Crippen LogP contribution in [0.5, 0.6) is 0 Å². The lowest BCUT2D eigenvalue weighted by molar-refractivity contribution is 0.538. The van der Waals surface area contributed by atoms with E-state index in [1.54, 1.807) is 0 Å². The van der Waals surface area contributed by atoms with Crippen molar-refractivity contribution in [1.29, 1.82) is 0 Å². The monoisotopic (exact) mass is 163 g/mol. The molecule has 0 aliphatic rings. The predicted molar refractivity (Wildman–Crippen MR) is 53.0 cm³/mol. The summed E-state index contributed by atoms with van der Waals surface area (Å²) in [6.45, 7) is 3.05. The van der Waals surface area contributed by atoms with Crippen molar-refractivity contribution in [2.45, 2.75) is 19.8 Å². The molecule has 0 saturated heterocycles. The molecule has 1 nitrogen and oxygen atoms in total.